The van der Waals surface area contributed by atoms with Crippen molar-refractivity contribution >= 4 is 39.8 Å². The van der Waals surface area contributed by atoms with Crippen LogP contribution in [-0.4, -0.2) is 57.5 Å². The van der Waals surface area contributed by atoms with Crippen LogP contribution in [-0.2, 0) is 9.84 Å². The molecule has 0 aromatic heterocycles. The fourth-order valence-electron chi connectivity index (χ4n) is 2.04. The lowest BCUT2D eigenvalue weighted by atomic mass is 9.93. The predicted octanol–water partition coefficient (Wildman–Crippen LogP) is 1.35. The van der Waals surface area contributed by atoms with Crippen LogP contribution in [0, 0.1) is 5.41 Å². The number of likely N-dealkylation sites (tertiary alicyclic amines) is 1. The van der Waals surface area contributed by atoms with Gasteiger partial charge in [0.1, 0.15) is 9.84 Å². The van der Waals surface area contributed by atoms with Crippen LogP contribution in [0.4, 0.5) is 0 Å². The molecule has 0 atom stereocenters. The molecule has 1 saturated heterocycles. The summed E-state index contributed by atoms with van der Waals surface area (Å²) in [5.41, 5.74) is 0.313. The van der Waals surface area contributed by atoms with Crippen LogP contribution in [0.2, 0.25) is 0 Å². The molecule has 0 saturated carbocycles. The molecule has 1 aliphatic rings. The maximum Gasteiger partial charge on any atom is 0.193 e. The molecule has 0 aromatic rings. The minimum absolute atomic E-state index is 0. The van der Waals surface area contributed by atoms with E-state index in [1.54, 1.807) is 0 Å². The van der Waals surface area contributed by atoms with Gasteiger partial charge in [-0.05, 0) is 18.8 Å². The SMILES string of the molecule is CCNC(=NCCS(C)(=O)=O)N1CCC(C)(C)C1.I. The third-order valence-electron chi connectivity index (χ3n) is 3.04. The minimum Gasteiger partial charge on any atom is -0.357 e. The van der Waals surface area contributed by atoms with E-state index >= 15 is 0 Å². The largest absolute Gasteiger partial charge is 0.357 e. The number of halogens is 1. The van der Waals surface area contributed by atoms with Gasteiger partial charge in [-0.15, -0.1) is 24.0 Å². The van der Waals surface area contributed by atoms with Crippen molar-refractivity contribution in [2.75, 3.05) is 38.2 Å². The molecule has 0 aromatic carbocycles. The van der Waals surface area contributed by atoms with Crippen LogP contribution in [0.25, 0.3) is 0 Å². The topological polar surface area (TPSA) is 61.8 Å². The quantitative estimate of drug-likeness (QED) is 0.437. The van der Waals surface area contributed by atoms with E-state index in [0.29, 0.717) is 12.0 Å². The van der Waals surface area contributed by atoms with Gasteiger partial charge in [0.2, 0.25) is 0 Å². The van der Waals surface area contributed by atoms with Crippen molar-refractivity contribution in [1.82, 2.24) is 10.2 Å². The average molecular weight is 403 g/mol. The third-order valence-corrected chi connectivity index (χ3v) is 3.96. The molecule has 114 valence electrons. The third kappa shape index (κ3) is 7.34. The second-order valence-corrected chi connectivity index (χ2v) is 7.96. The molecule has 5 nitrogen and oxygen atoms in total. The van der Waals surface area contributed by atoms with Crippen LogP contribution in [0.1, 0.15) is 27.2 Å². The van der Waals surface area contributed by atoms with Crippen molar-refractivity contribution in [1.29, 1.82) is 0 Å². The fourth-order valence-corrected chi connectivity index (χ4v) is 2.46. The number of hydrogen-bond donors (Lipinski definition) is 1. The average Bonchev–Trinajstić information content (AvgIpc) is 2.56. The smallest absolute Gasteiger partial charge is 0.193 e. The van der Waals surface area contributed by atoms with Crippen molar-refractivity contribution in [3.05, 3.63) is 0 Å². The van der Waals surface area contributed by atoms with E-state index in [2.05, 4.69) is 29.1 Å². The summed E-state index contributed by atoms with van der Waals surface area (Å²) in [7, 11) is -2.93. The molecule has 7 heteroatoms. The summed E-state index contributed by atoms with van der Waals surface area (Å²) in [5, 5.41) is 3.23. The van der Waals surface area contributed by atoms with Crippen molar-refractivity contribution in [3.63, 3.8) is 0 Å². The molecular weight excluding hydrogens is 377 g/mol. The maximum atomic E-state index is 11.1. The summed E-state index contributed by atoms with van der Waals surface area (Å²) >= 11 is 0. The zero-order valence-corrected chi connectivity index (χ0v) is 15.4. The van der Waals surface area contributed by atoms with E-state index in [9.17, 15) is 8.42 Å². The van der Waals surface area contributed by atoms with Crippen molar-refractivity contribution in [3.8, 4) is 0 Å². The lowest BCUT2D eigenvalue weighted by Gasteiger charge is -2.23. The molecule has 1 heterocycles. The number of sulfone groups is 1. The zero-order valence-electron chi connectivity index (χ0n) is 12.3. The van der Waals surface area contributed by atoms with Crippen molar-refractivity contribution < 1.29 is 8.42 Å². The van der Waals surface area contributed by atoms with Gasteiger partial charge in [0, 0.05) is 25.9 Å². The Morgan fingerprint density at radius 2 is 2.05 bits per heavy atom. The Morgan fingerprint density at radius 3 is 2.47 bits per heavy atom. The molecule has 0 radical (unpaired) electrons. The highest BCUT2D eigenvalue weighted by Crippen LogP contribution is 2.28. The Kier molecular flexibility index (Phi) is 7.64. The van der Waals surface area contributed by atoms with Crippen LogP contribution >= 0.6 is 24.0 Å². The normalized spacial score (nSPS) is 19.2. The highest BCUT2D eigenvalue weighted by Gasteiger charge is 2.30. The Bertz CT molecular complexity index is 407. The molecule has 0 spiro atoms. The van der Waals surface area contributed by atoms with E-state index in [1.807, 2.05) is 6.92 Å². The first kappa shape index (κ1) is 18.9. The van der Waals surface area contributed by atoms with E-state index in [1.165, 1.54) is 6.26 Å². The number of nitrogens with zero attached hydrogens (tertiary/aromatic N) is 2. The highest BCUT2D eigenvalue weighted by atomic mass is 127. The first-order chi connectivity index (χ1) is 8.23. The van der Waals surface area contributed by atoms with Gasteiger partial charge in [-0.2, -0.15) is 0 Å². The van der Waals surface area contributed by atoms with Gasteiger partial charge in [0.15, 0.2) is 5.96 Å². The monoisotopic (exact) mass is 403 g/mol. The number of nitrogens with one attached hydrogen (secondary N) is 1. The second kappa shape index (κ2) is 7.66. The molecule has 0 bridgehead atoms. The van der Waals surface area contributed by atoms with E-state index < -0.39 is 9.84 Å². The number of aliphatic imine (C=N–C) groups is 1. The standard InChI is InChI=1S/C12H25N3O2S.HI/c1-5-13-11(14-7-9-18(4,16)17)15-8-6-12(2,3)10-15;/h5-10H2,1-4H3,(H,13,14);1H. The zero-order chi connectivity index (χ0) is 13.8. The number of rotatable bonds is 4. The van der Waals surface area contributed by atoms with E-state index in [4.69, 9.17) is 0 Å². The van der Waals surface area contributed by atoms with Crippen LogP contribution in [0.5, 0.6) is 0 Å². The molecule has 1 aliphatic heterocycles. The summed E-state index contributed by atoms with van der Waals surface area (Å²) < 4.78 is 22.2. The maximum absolute atomic E-state index is 11.1. The highest BCUT2D eigenvalue weighted by molar-refractivity contribution is 14.0. The van der Waals surface area contributed by atoms with Gasteiger partial charge in [0.25, 0.3) is 0 Å². The molecule has 0 amide bonds. The van der Waals surface area contributed by atoms with Crippen LogP contribution in [0.3, 0.4) is 0 Å². The lowest BCUT2D eigenvalue weighted by Crippen LogP contribution is -2.41. The van der Waals surface area contributed by atoms with Crippen LogP contribution in [0.15, 0.2) is 4.99 Å². The Morgan fingerprint density at radius 1 is 1.42 bits per heavy atom. The van der Waals surface area contributed by atoms with Crippen molar-refractivity contribution in [2.24, 2.45) is 10.4 Å². The van der Waals surface area contributed by atoms with Gasteiger partial charge in [-0.1, -0.05) is 13.8 Å². The fraction of sp³-hybridized carbons (Fsp3) is 0.917. The Labute approximate surface area is 134 Å². The number of guanidine groups is 1. The molecule has 1 rings (SSSR count). The molecular formula is C12H26IN3O2S. The summed E-state index contributed by atoms with van der Waals surface area (Å²) in [5.74, 6) is 0.950. The second-order valence-electron chi connectivity index (χ2n) is 5.70. The summed E-state index contributed by atoms with van der Waals surface area (Å²) in [6, 6.07) is 0. The predicted molar refractivity (Wildman–Crippen MR) is 91.1 cm³/mol. The van der Waals surface area contributed by atoms with E-state index in [-0.39, 0.29) is 29.7 Å². The van der Waals surface area contributed by atoms with Crippen LogP contribution < -0.4 is 5.32 Å². The van der Waals surface area contributed by atoms with Gasteiger partial charge in [-0.25, -0.2) is 8.42 Å². The first-order valence-electron chi connectivity index (χ1n) is 6.44. The van der Waals surface area contributed by atoms with Gasteiger partial charge < -0.3 is 10.2 Å². The molecule has 0 aliphatic carbocycles. The summed E-state index contributed by atoms with van der Waals surface area (Å²) in [4.78, 5) is 6.61. The Balaban J connectivity index is 0.00000324. The van der Waals surface area contributed by atoms with E-state index in [0.717, 1.165) is 32.0 Å². The summed E-state index contributed by atoms with van der Waals surface area (Å²) in [6.07, 6.45) is 2.39. The Hall–Kier alpha value is -0.0500. The molecule has 1 fully saturated rings. The molecule has 1 N–H and O–H groups in total. The summed E-state index contributed by atoms with van der Waals surface area (Å²) in [6.45, 7) is 9.59. The first-order valence-corrected chi connectivity index (χ1v) is 8.50. The van der Waals surface area contributed by atoms with Crippen molar-refractivity contribution in [2.45, 2.75) is 27.2 Å². The molecule has 19 heavy (non-hydrogen) atoms. The molecule has 0 unspecified atom stereocenters. The number of hydrogen-bond acceptors (Lipinski definition) is 3. The minimum atomic E-state index is -2.93. The van der Waals surface area contributed by atoms with Gasteiger partial charge >= 0.3 is 0 Å². The van der Waals surface area contributed by atoms with Gasteiger partial charge in [0.05, 0.1) is 12.3 Å². The lowest BCUT2D eigenvalue weighted by molar-refractivity contribution is 0.370. The van der Waals surface area contributed by atoms with Gasteiger partial charge in [-0.3, -0.25) is 4.99 Å².